The SMILES string of the molecule is NCC1CCC(C(=O)NC(Cc2ccc(-c3ccc(C(=O)NCCN4CCCC4)cc3)cc2)C(=O)Nc2ccc(-c3nn[nH]n3)cc2)CC1. The number of H-pyrrole nitrogens is 1. The third kappa shape index (κ3) is 9.15. The molecule has 12 nitrogen and oxygen atoms in total. The van der Waals surface area contributed by atoms with Gasteiger partial charge in [0.1, 0.15) is 6.04 Å². The Balaban J connectivity index is 1.09. The highest BCUT2D eigenvalue weighted by molar-refractivity contribution is 5.98. The molecule has 1 saturated carbocycles. The molecule has 1 aliphatic heterocycles. The van der Waals surface area contributed by atoms with Crippen molar-refractivity contribution in [3.63, 3.8) is 0 Å². The fourth-order valence-corrected chi connectivity index (χ4v) is 6.69. The van der Waals surface area contributed by atoms with E-state index in [4.69, 9.17) is 5.73 Å². The normalized spacial score (nSPS) is 18.5. The zero-order valence-corrected chi connectivity index (χ0v) is 27.7. The zero-order valence-electron chi connectivity index (χ0n) is 27.7. The van der Waals surface area contributed by atoms with Gasteiger partial charge in [0.2, 0.25) is 17.6 Å². The summed E-state index contributed by atoms with van der Waals surface area (Å²) >= 11 is 0. The molecule has 1 unspecified atom stereocenters. The second kappa shape index (κ2) is 16.4. The number of carbonyl (C=O) groups is 3. The first kappa shape index (κ1) is 33.9. The van der Waals surface area contributed by atoms with E-state index in [0.717, 1.165) is 67.6 Å². The fraction of sp³-hybridized carbons (Fsp3) is 0.405. The summed E-state index contributed by atoms with van der Waals surface area (Å²) in [5.41, 5.74) is 10.7. The summed E-state index contributed by atoms with van der Waals surface area (Å²) in [5, 5.41) is 23.1. The second-order valence-corrected chi connectivity index (χ2v) is 13.1. The van der Waals surface area contributed by atoms with Gasteiger partial charge in [0.05, 0.1) is 0 Å². The number of nitrogens with zero attached hydrogens (tertiary/aromatic N) is 4. The number of tetrazole rings is 1. The van der Waals surface area contributed by atoms with Crippen molar-refractivity contribution in [2.24, 2.45) is 17.6 Å². The molecule has 0 bridgehead atoms. The number of hydrogen-bond donors (Lipinski definition) is 5. The summed E-state index contributed by atoms with van der Waals surface area (Å²) in [5.74, 6) is 0.317. The predicted octanol–water partition coefficient (Wildman–Crippen LogP) is 3.79. The van der Waals surface area contributed by atoms with Crippen molar-refractivity contribution in [2.45, 2.75) is 51.0 Å². The van der Waals surface area contributed by atoms with Crippen LogP contribution in [0, 0.1) is 11.8 Å². The first-order valence-corrected chi connectivity index (χ1v) is 17.3. The van der Waals surface area contributed by atoms with Crippen LogP contribution in [-0.4, -0.2) is 82.0 Å². The van der Waals surface area contributed by atoms with Crippen LogP contribution >= 0.6 is 0 Å². The lowest BCUT2D eigenvalue weighted by Gasteiger charge is -2.28. The van der Waals surface area contributed by atoms with Gasteiger partial charge in [0.15, 0.2) is 0 Å². The number of nitrogens with two attached hydrogens (primary N) is 1. The van der Waals surface area contributed by atoms with E-state index in [1.807, 2.05) is 48.5 Å². The number of nitrogens with one attached hydrogen (secondary N) is 4. The topological polar surface area (TPSA) is 171 Å². The zero-order chi connectivity index (χ0) is 34.0. The van der Waals surface area contributed by atoms with E-state index in [0.29, 0.717) is 42.5 Å². The number of benzene rings is 3. The Labute approximate surface area is 286 Å². The van der Waals surface area contributed by atoms with E-state index >= 15 is 0 Å². The lowest BCUT2D eigenvalue weighted by atomic mass is 9.81. The summed E-state index contributed by atoms with van der Waals surface area (Å²) in [6.45, 7) is 4.39. The number of anilines is 1. The molecule has 1 atom stereocenters. The van der Waals surface area contributed by atoms with Crippen LogP contribution in [0.15, 0.2) is 72.8 Å². The molecule has 0 spiro atoms. The van der Waals surface area contributed by atoms with E-state index in [1.165, 1.54) is 12.8 Å². The summed E-state index contributed by atoms with van der Waals surface area (Å²) in [6, 6.07) is 21.9. The number of aromatic nitrogens is 4. The predicted molar refractivity (Wildman–Crippen MR) is 188 cm³/mol. The molecule has 1 aliphatic carbocycles. The van der Waals surface area contributed by atoms with Crippen LogP contribution in [0.4, 0.5) is 5.69 Å². The van der Waals surface area contributed by atoms with Gasteiger partial charge < -0.3 is 26.6 Å². The van der Waals surface area contributed by atoms with E-state index < -0.39 is 6.04 Å². The molecule has 49 heavy (non-hydrogen) atoms. The summed E-state index contributed by atoms with van der Waals surface area (Å²) < 4.78 is 0. The molecule has 12 heteroatoms. The maximum atomic E-state index is 13.6. The van der Waals surface area contributed by atoms with Crippen LogP contribution in [0.25, 0.3) is 22.5 Å². The first-order valence-electron chi connectivity index (χ1n) is 17.3. The third-order valence-corrected chi connectivity index (χ3v) is 9.73. The Morgan fingerprint density at radius 3 is 2.14 bits per heavy atom. The van der Waals surface area contributed by atoms with Crippen LogP contribution in [0.5, 0.6) is 0 Å². The minimum Gasteiger partial charge on any atom is -0.351 e. The molecule has 6 rings (SSSR count). The van der Waals surface area contributed by atoms with Gasteiger partial charge in [0.25, 0.3) is 5.91 Å². The summed E-state index contributed by atoms with van der Waals surface area (Å²) in [4.78, 5) is 42.0. The van der Waals surface area contributed by atoms with Crippen LogP contribution in [-0.2, 0) is 16.0 Å². The molecule has 6 N–H and O–H groups in total. The van der Waals surface area contributed by atoms with Gasteiger partial charge >= 0.3 is 0 Å². The smallest absolute Gasteiger partial charge is 0.251 e. The van der Waals surface area contributed by atoms with Crippen LogP contribution in [0.1, 0.15) is 54.4 Å². The molecule has 4 aromatic rings. The first-order chi connectivity index (χ1) is 23.9. The monoisotopic (exact) mass is 663 g/mol. The number of aromatic amines is 1. The lowest BCUT2D eigenvalue weighted by molar-refractivity contribution is -0.130. The minimum atomic E-state index is -0.772. The van der Waals surface area contributed by atoms with Crippen molar-refractivity contribution >= 4 is 23.4 Å². The molecule has 2 heterocycles. The van der Waals surface area contributed by atoms with E-state index in [1.54, 1.807) is 24.3 Å². The third-order valence-electron chi connectivity index (χ3n) is 9.73. The maximum Gasteiger partial charge on any atom is 0.251 e. The molecule has 2 fully saturated rings. The van der Waals surface area contributed by atoms with Gasteiger partial charge in [-0.05, 0) is 122 Å². The molecule has 3 amide bonds. The molecular weight excluding hydrogens is 618 g/mol. The van der Waals surface area contributed by atoms with Gasteiger partial charge in [0, 0.05) is 42.2 Å². The van der Waals surface area contributed by atoms with Crippen molar-refractivity contribution < 1.29 is 14.4 Å². The quantitative estimate of drug-likeness (QED) is 0.144. The molecule has 0 radical (unpaired) electrons. The van der Waals surface area contributed by atoms with Crippen molar-refractivity contribution in [1.29, 1.82) is 0 Å². The second-order valence-electron chi connectivity index (χ2n) is 13.1. The summed E-state index contributed by atoms with van der Waals surface area (Å²) in [7, 11) is 0. The molecule has 1 saturated heterocycles. The van der Waals surface area contributed by atoms with Crippen LogP contribution < -0.4 is 21.7 Å². The fourth-order valence-electron chi connectivity index (χ4n) is 6.69. The van der Waals surface area contributed by atoms with Gasteiger partial charge in [-0.2, -0.15) is 5.21 Å². The molecule has 2 aliphatic rings. The van der Waals surface area contributed by atoms with Crippen molar-refractivity contribution in [1.82, 2.24) is 36.2 Å². The Kier molecular flexibility index (Phi) is 11.4. The molecule has 256 valence electrons. The number of hydrogen-bond acceptors (Lipinski definition) is 8. The minimum absolute atomic E-state index is 0.0668. The standard InChI is InChI=1S/C37H45N9O3/c38-24-26-5-9-31(10-6-26)36(48)41-33(37(49)40-32-17-15-29(16-18-32)34-42-44-45-43-34)23-25-3-7-27(8-4-25)28-11-13-30(14-12-28)35(47)39-19-22-46-20-1-2-21-46/h3-4,7-8,11-18,26,31,33H,1-2,5-6,9-10,19-24,38H2,(H,39,47)(H,40,49)(H,41,48)(H,42,43,44,45). The van der Waals surface area contributed by atoms with Crippen molar-refractivity contribution in [2.75, 3.05) is 38.0 Å². The maximum absolute atomic E-state index is 13.6. The van der Waals surface area contributed by atoms with Crippen LogP contribution in [0.3, 0.4) is 0 Å². The lowest BCUT2D eigenvalue weighted by Crippen LogP contribution is -2.48. The largest absolute Gasteiger partial charge is 0.351 e. The number of rotatable bonds is 13. The highest BCUT2D eigenvalue weighted by Crippen LogP contribution is 2.29. The summed E-state index contributed by atoms with van der Waals surface area (Å²) in [6.07, 6.45) is 6.18. The Bertz CT molecular complexity index is 1660. The van der Waals surface area contributed by atoms with E-state index in [-0.39, 0.29) is 23.6 Å². The Morgan fingerprint density at radius 1 is 0.857 bits per heavy atom. The molecule has 3 aromatic carbocycles. The van der Waals surface area contributed by atoms with Gasteiger partial charge in [-0.1, -0.05) is 36.4 Å². The molecular formula is C37H45N9O3. The van der Waals surface area contributed by atoms with Crippen molar-refractivity contribution in [3.05, 3.63) is 83.9 Å². The highest BCUT2D eigenvalue weighted by atomic mass is 16.2. The van der Waals surface area contributed by atoms with Gasteiger partial charge in [-0.15, -0.1) is 10.2 Å². The highest BCUT2D eigenvalue weighted by Gasteiger charge is 2.29. The molecule has 1 aromatic heterocycles. The van der Waals surface area contributed by atoms with Crippen molar-refractivity contribution in [3.8, 4) is 22.5 Å². The average molecular weight is 664 g/mol. The Hall–Kier alpha value is -4.94. The van der Waals surface area contributed by atoms with Gasteiger partial charge in [-0.3, -0.25) is 14.4 Å². The number of carbonyl (C=O) groups excluding carboxylic acids is 3. The average Bonchev–Trinajstić information content (AvgIpc) is 3.88. The van der Waals surface area contributed by atoms with Crippen LogP contribution in [0.2, 0.25) is 0 Å². The van der Waals surface area contributed by atoms with E-state index in [2.05, 4.69) is 41.5 Å². The number of likely N-dealkylation sites (tertiary alicyclic amines) is 1. The van der Waals surface area contributed by atoms with Gasteiger partial charge in [-0.25, -0.2) is 0 Å². The van der Waals surface area contributed by atoms with E-state index in [9.17, 15) is 14.4 Å². The Morgan fingerprint density at radius 2 is 1.51 bits per heavy atom. The number of amides is 3.